The summed E-state index contributed by atoms with van der Waals surface area (Å²) in [6, 6.07) is 2.00. The first-order chi connectivity index (χ1) is 12.5. The molecule has 1 aromatic rings. The molecule has 142 valence electrons. The molecule has 7 heteroatoms. The van der Waals surface area contributed by atoms with Gasteiger partial charge in [0.05, 0.1) is 21.6 Å². The number of hydrogen-bond donors (Lipinski definition) is 1. The molecule has 0 radical (unpaired) electrons. The average molecular weight is 398 g/mol. The van der Waals surface area contributed by atoms with Gasteiger partial charge in [0.1, 0.15) is 5.82 Å². The van der Waals surface area contributed by atoms with Crippen molar-refractivity contribution < 1.29 is 9.90 Å². The van der Waals surface area contributed by atoms with Crippen LogP contribution in [0, 0.1) is 5.41 Å². The van der Waals surface area contributed by atoms with Crippen LogP contribution in [0.25, 0.3) is 0 Å². The molecule has 0 aromatic carbocycles. The van der Waals surface area contributed by atoms with Gasteiger partial charge in [-0.15, -0.1) is 0 Å². The van der Waals surface area contributed by atoms with Crippen molar-refractivity contribution in [2.75, 3.05) is 24.5 Å². The van der Waals surface area contributed by atoms with Crippen LogP contribution in [0.15, 0.2) is 12.3 Å². The van der Waals surface area contributed by atoms with Crippen molar-refractivity contribution in [2.45, 2.75) is 57.1 Å². The summed E-state index contributed by atoms with van der Waals surface area (Å²) in [5.41, 5.74) is -0.320. The lowest BCUT2D eigenvalue weighted by atomic mass is 9.78. The van der Waals surface area contributed by atoms with Gasteiger partial charge in [-0.1, -0.05) is 23.2 Å². The van der Waals surface area contributed by atoms with E-state index in [1.807, 2.05) is 0 Å². The smallest absolute Gasteiger partial charge is 0.230 e. The molecule has 1 amide bonds. The Kier molecular flexibility index (Phi) is 5.06. The number of halogens is 2. The van der Waals surface area contributed by atoms with Crippen molar-refractivity contribution in [2.24, 2.45) is 5.41 Å². The highest BCUT2D eigenvalue weighted by Crippen LogP contribution is 2.44. The highest BCUT2D eigenvalue weighted by atomic mass is 35.5. The van der Waals surface area contributed by atoms with Crippen LogP contribution < -0.4 is 4.90 Å². The second-order valence-corrected chi connectivity index (χ2v) is 8.82. The highest BCUT2D eigenvalue weighted by molar-refractivity contribution is 6.36. The van der Waals surface area contributed by atoms with Gasteiger partial charge in [0.25, 0.3) is 0 Å². The number of nitrogens with zero attached hydrogens (tertiary/aromatic N) is 3. The predicted octanol–water partition coefficient (Wildman–Crippen LogP) is 3.51. The fraction of sp³-hybridized carbons (Fsp3) is 0.684. The molecule has 5 nitrogen and oxygen atoms in total. The van der Waals surface area contributed by atoms with Crippen molar-refractivity contribution >= 4 is 34.9 Å². The van der Waals surface area contributed by atoms with E-state index in [1.165, 1.54) is 0 Å². The Morgan fingerprint density at radius 2 is 1.92 bits per heavy atom. The van der Waals surface area contributed by atoms with Crippen LogP contribution in [0.3, 0.4) is 0 Å². The molecule has 2 aliphatic heterocycles. The molecule has 2 saturated heterocycles. The number of piperidine rings is 1. The Morgan fingerprint density at radius 1 is 1.15 bits per heavy atom. The fourth-order valence-electron chi connectivity index (χ4n) is 4.90. The van der Waals surface area contributed by atoms with Crippen LogP contribution in [0.2, 0.25) is 10.0 Å². The van der Waals surface area contributed by atoms with Crippen LogP contribution in [0.4, 0.5) is 5.82 Å². The minimum Gasteiger partial charge on any atom is -0.393 e. The van der Waals surface area contributed by atoms with E-state index in [0.717, 1.165) is 63.9 Å². The van der Waals surface area contributed by atoms with Crippen LogP contribution in [-0.4, -0.2) is 52.7 Å². The van der Waals surface area contributed by atoms with E-state index in [4.69, 9.17) is 23.2 Å². The summed E-state index contributed by atoms with van der Waals surface area (Å²) in [5, 5.41) is 10.8. The number of aliphatic hydroxyl groups excluding tert-OH is 1. The zero-order valence-corrected chi connectivity index (χ0v) is 16.3. The average Bonchev–Trinajstić information content (AvgIpc) is 2.92. The van der Waals surface area contributed by atoms with Crippen molar-refractivity contribution in [3.8, 4) is 0 Å². The van der Waals surface area contributed by atoms with Gasteiger partial charge in [-0.05, 0) is 51.0 Å². The summed E-state index contributed by atoms with van der Waals surface area (Å²) < 4.78 is 0. The van der Waals surface area contributed by atoms with Crippen LogP contribution in [0.1, 0.15) is 44.9 Å². The van der Waals surface area contributed by atoms with Crippen molar-refractivity contribution in [1.29, 1.82) is 0 Å². The monoisotopic (exact) mass is 397 g/mol. The lowest BCUT2D eigenvalue weighted by molar-refractivity contribution is -0.139. The Balaban J connectivity index is 1.50. The van der Waals surface area contributed by atoms with Gasteiger partial charge in [-0.25, -0.2) is 4.98 Å². The van der Waals surface area contributed by atoms with E-state index in [-0.39, 0.29) is 23.5 Å². The van der Waals surface area contributed by atoms with E-state index in [0.29, 0.717) is 16.6 Å². The molecule has 1 N–H and O–H groups in total. The lowest BCUT2D eigenvalue weighted by Crippen LogP contribution is -2.50. The topological polar surface area (TPSA) is 56.7 Å². The summed E-state index contributed by atoms with van der Waals surface area (Å²) in [4.78, 5) is 22.0. The first-order valence-electron chi connectivity index (χ1n) is 9.54. The molecule has 1 spiro atoms. The van der Waals surface area contributed by atoms with Gasteiger partial charge in [0.2, 0.25) is 5.91 Å². The number of pyridine rings is 1. The molecule has 1 atom stereocenters. The molecule has 1 unspecified atom stereocenters. The van der Waals surface area contributed by atoms with Crippen LogP contribution >= 0.6 is 23.2 Å². The molecule has 1 saturated carbocycles. The highest BCUT2D eigenvalue weighted by Gasteiger charge is 2.50. The quantitative estimate of drug-likeness (QED) is 0.829. The summed E-state index contributed by atoms with van der Waals surface area (Å²) in [6.45, 7) is 2.36. The molecule has 1 aliphatic carbocycles. The van der Waals surface area contributed by atoms with Gasteiger partial charge in [0.15, 0.2) is 0 Å². The van der Waals surface area contributed by atoms with Gasteiger partial charge >= 0.3 is 0 Å². The Hall–Kier alpha value is -1.04. The standard InChI is InChI=1S/C19H25Cl2N3O2/c20-13-10-16(21)17(22-11-13)23-8-1-6-19(12-23)7-9-24(18(19)26)14-2-4-15(25)5-3-14/h10-11,14-15,25H,1-9,12H2/t14-,15-,19?. The molecule has 3 fully saturated rings. The minimum atomic E-state index is -0.320. The number of aliphatic hydroxyl groups is 1. The van der Waals surface area contributed by atoms with Gasteiger partial charge in [0, 0.05) is 31.9 Å². The maximum Gasteiger partial charge on any atom is 0.230 e. The maximum absolute atomic E-state index is 13.3. The number of amides is 1. The maximum atomic E-state index is 13.3. The zero-order valence-electron chi connectivity index (χ0n) is 14.8. The van der Waals surface area contributed by atoms with E-state index in [9.17, 15) is 9.90 Å². The number of rotatable bonds is 2. The Labute approximate surface area is 164 Å². The molecular weight excluding hydrogens is 373 g/mol. The molecule has 3 aliphatic rings. The summed E-state index contributed by atoms with van der Waals surface area (Å²) in [7, 11) is 0. The SMILES string of the molecule is O=C1N([C@H]2CC[C@H](O)CC2)CCC12CCCN(c1ncc(Cl)cc1Cl)C2. The van der Waals surface area contributed by atoms with E-state index < -0.39 is 0 Å². The lowest BCUT2D eigenvalue weighted by Gasteiger charge is -2.41. The molecule has 0 bridgehead atoms. The number of carbonyl (C=O) groups excluding carboxylic acids is 1. The summed E-state index contributed by atoms with van der Waals surface area (Å²) >= 11 is 12.3. The van der Waals surface area contributed by atoms with E-state index in [1.54, 1.807) is 12.3 Å². The molecule has 3 heterocycles. The van der Waals surface area contributed by atoms with Gasteiger partial charge in [-0.3, -0.25) is 4.79 Å². The Morgan fingerprint density at radius 3 is 2.65 bits per heavy atom. The number of anilines is 1. The second kappa shape index (κ2) is 7.17. The van der Waals surface area contributed by atoms with Crippen molar-refractivity contribution in [3.05, 3.63) is 22.3 Å². The predicted molar refractivity (Wildman–Crippen MR) is 103 cm³/mol. The normalized spacial score (nSPS) is 32.5. The van der Waals surface area contributed by atoms with Crippen molar-refractivity contribution in [3.63, 3.8) is 0 Å². The van der Waals surface area contributed by atoms with Crippen molar-refractivity contribution in [1.82, 2.24) is 9.88 Å². The molecular formula is C19H25Cl2N3O2. The van der Waals surface area contributed by atoms with Crippen LogP contribution in [0.5, 0.6) is 0 Å². The first kappa shape index (κ1) is 18.3. The van der Waals surface area contributed by atoms with Crippen LogP contribution in [-0.2, 0) is 4.79 Å². The number of aromatic nitrogens is 1. The summed E-state index contributed by atoms with van der Waals surface area (Å²) in [6.07, 6.45) is 7.64. The number of carbonyl (C=O) groups is 1. The summed E-state index contributed by atoms with van der Waals surface area (Å²) in [5.74, 6) is 1.01. The molecule has 4 rings (SSSR count). The largest absolute Gasteiger partial charge is 0.393 e. The van der Waals surface area contributed by atoms with E-state index in [2.05, 4.69) is 14.8 Å². The Bertz CT molecular complexity index is 693. The van der Waals surface area contributed by atoms with Gasteiger partial charge < -0.3 is 14.9 Å². The second-order valence-electron chi connectivity index (χ2n) is 7.98. The number of likely N-dealkylation sites (tertiary alicyclic amines) is 1. The van der Waals surface area contributed by atoms with Gasteiger partial charge in [-0.2, -0.15) is 0 Å². The molecule has 1 aromatic heterocycles. The molecule has 26 heavy (non-hydrogen) atoms. The van der Waals surface area contributed by atoms with E-state index >= 15 is 0 Å². The first-order valence-corrected chi connectivity index (χ1v) is 10.3. The zero-order chi connectivity index (χ0) is 18.3. The fourth-order valence-corrected chi connectivity index (χ4v) is 5.40. The third kappa shape index (κ3) is 3.30. The number of hydrogen-bond acceptors (Lipinski definition) is 4. The third-order valence-electron chi connectivity index (χ3n) is 6.32. The minimum absolute atomic E-state index is 0.193. The third-order valence-corrected chi connectivity index (χ3v) is 6.80.